The first-order chi connectivity index (χ1) is 6.33. The smallest absolute Gasteiger partial charge is 0.0781 e. The second-order valence-electron chi connectivity index (χ2n) is 5.59. The van der Waals surface area contributed by atoms with Gasteiger partial charge < -0.3 is 9.84 Å². The molecule has 1 fully saturated rings. The quantitative estimate of drug-likeness (QED) is 0.759. The standard InChI is InChI=1S/C12H24O2/c1-6-11(4,9-13)12(5)10(2,3)7-8-14-12/h13H,6-9H2,1-5H3. The highest BCUT2D eigenvalue weighted by atomic mass is 16.5. The van der Waals surface area contributed by atoms with E-state index in [4.69, 9.17) is 4.74 Å². The molecule has 0 aromatic rings. The molecule has 14 heavy (non-hydrogen) atoms. The maximum Gasteiger partial charge on any atom is 0.0781 e. The zero-order valence-corrected chi connectivity index (χ0v) is 10.2. The molecule has 0 spiro atoms. The molecule has 2 heteroatoms. The van der Waals surface area contributed by atoms with Crippen LogP contribution >= 0.6 is 0 Å². The Labute approximate surface area is 87.7 Å². The van der Waals surface area contributed by atoms with Gasteiger partial charge in [-0.05, 0) is 25.2 Å². The molecular weight excluding hydrogens is 176 g/mol. The second kappa shape index (κ2) is 3.49. The van der Waals surface area contributed by atoms with E-state index < -0.39 is 0 Å². The van der Waals surface area contributed by atoms with E-state index in [0.29, 0.717) is 0 Å². The molecule has 1 saturated heterocycles. The van der Waals surface area contributed by atoms with E-state index in [0.717, 1.165) is 19.4 Å². The van der Waals surface area contributed by atoms with Crippen molar-refractivity contribution >= 4 is 0 Å². The van der Waals surface area contributed by atoms with Gasteiger partial charge >= 0.3 is 0 Å². The van der Waals surface area contributed by atoms with Gasteiger partial charge in [0, 0.05) is 12.0 Å². The fourth-order valence-electron chi connectivity index (χ4n) is 2.54. The van der Waals surface area contributed by atoms with Gasteiger partial charge in [-0.3, -0.25) is 0 Å². The average Bonchev–Trinajstić information content (AvgIpc) is 2.41. The van der Waals surface area contributed by atoms with Crippen molar-refractivity contribution in [3.8, 4) is 0 Å². The van der Waals surface area contributed by atoms with Crippen molar-refractivity contribution in [1.82, 2.24) is 0 Å². The van der Waals surface area contributed by atoms with E-state index >= 15 is 0 Å². The molecule has 0 aliphatic carbocycles. The van der Waals surface area contributed by atoms with Crippen molar-refractivity contribution in [1.29, 1.82) is 0 Å². The Morgan fingerprint density at radius 3 is 2.21 bits per heavy atom. The minimum atomic E-state index is -0.205. The van der Waals surface area contributed by atoms with Crippen LogP contribution in [-0.2, 0) is 4.74 Å². The van der Waals surface area contributed by atoms with Crippen molar-refractivity contribution in [3.05, 3.63) is 0 Å². The fourth-order valence-corrected chi connectivity index (χ4v) is 2.54. The molecule has 0 saturated carbocycles. The summed E-state index contributed by atoms with van der Waals surface area (Å²) in [6, 6.07) is 0. The summed E-state index contributed by atoms with van der Waals surface area (Å²) in [5, 5.41) is 9.56. The first-order valence-electron chi connectivity index (χ1n) is 5.58. The van der Waals surface area contributed by atoms with Crippen molar-refractivity contribution in [2.75, 3.05) is 13.2 Å². The number of aliphatic hydroxyl groups excluding tert-OH is 1. The topological polar surface area (TPSA) is 29.5 Å². The first-order valence-corrected chi connectivity index (χ1v) is 5.58. The van der Waals surface area contributed by atoms with Gasteiger partial charge in [0.15, 0.2) is 0 Å². The van der Waals surface area contributed by atoms with Crippen molar-refractivity contribution in [2.45, 2.75) is 53.1 Å². The first kappa shape index (κ1) is 12.0. The van der Waals surface area contributed by atoms with Crippen LogP contribution in [0.5, 0.6) is 0 Å². The molecular formula is C12H24O2. The van der Waals surface area contributed by atoms with Crippen LogP contribution in [0.2, 0.25) is 0 Å². The van der Waals surface area contributed by atoms with Gasteiger partial charge in [-0.15, -0.1) is 0 Å². The van der Waals surface area contributed by atoms with Crippen LogP contribution in [0.4, 0.5) is 0 Å². The molecule has 1 aliphatic heterocycles. The lowest BCUT2D eigenvalue weighted by Gasteiger charge is -2.49. The molecule has 0 bridgehead atoms. The third kappa shape index (κ3) is 1.40. The van der Waals surface area contributed by atoms with Gasteiger partial charge in [0.05, 0.1) is 12.2 Å². The van der Waals surface area contributed by atoms with Crippen LogP contribution in [0.1, 0.15) is 47.5 Å². The highest BCUT2D eigenvalue weighted by Gasteiger charge is 2.56. The maximum atomic E-state index is 9.56. The van der Waals surface area contributed by atoms with Crippen LogP contribution in [0.3, 0.4) is 0 Å². The summed E-state index contributed by atoms with van der Waals surface area (Å²) in [6.45, 7) is 11.9. The van der Waals surface area contributed by atoms with Gasteiger partial charge in [-0.2, -0.15) is 0 Å². The molecule has 2 atom stereocenters. The number of aliphatic hydroxyl groups is 1. The average molecular weight is 200 g/mol. The normalized spacial score (nSPS) is 35.6. The predicted octanol–water partition coefficient (Wildman–Crippen LogP) is 2.60. The molecule has 0 radical (unpaired) electrons. The van der Waals surface area contributed by atoms with E-state index in [1.807, 2.05) is 0 Å². The van der Waals surface area contributed by atoms with Crippen LogP contribution in [-0.4, -0.2) is 23.9 Å². The fraction of sp³-hybridized carbons (Fsp3) is 1.00. The van der Waals surface area contributed by atoms with Crippen LogP contribution in [0, 0.1) is 10.8 Å². The van der Waals surface area contributed by atoms with E-state index in [9.17, 15) is 5.11 Å². The van der Waals surface area contributed by atoms with Crippen molar-refractivity contribution in [3.63, 3.8) is 0 Å². The minimum Gasteiger partial charge on any atom is -0.396 e. The van der Waals surface area contributed by atoms with Gasteiger partial charge in [0.1, 0.15) is 0 Å². The highest BCUT2D eigenvalue weighted by Crippen LogP contribution is 2.53. The van der Waals surface area contributed by atoms with E-state index in [1.165, 1.54) is 0 Å². The molecule has 2 nitrogen and oxygen atoms in total. The molecule has 1 heterocycles. The summed E-state index contributed by atoms with van der Waals surface area (Å²) in [5.41, 5.74) is -0.184. The third-order valence-electron chi connectivity index (χ3n) is 4.69. The zero-order valence-electron chi connectivity index (χ0n) is 10.2. The van der Waals surface area contributed by atoms with Gasteiger partial charge in [0.25, 0.3) is 0 Å². The monoisotopic (exact) mass is 200 g/mol. The molecule has 0 aromatic carbocycles. The van der Waals surface area contributed by atoms with Crippen LogP contribution in [0.15, 0.2) is 0 Å². The van der Waals surface area contributed by atoms with Gasteiger partial charge in [-0.25, -0.2) is 0 Å². The number of hydrogen-bond acceptors (Lipinski definition) is 2. The summed E-state index contributed by atoms with van der Waals surface area (Å²) in [6.07, 6.45) is 2.03. The number of ether oxygens (including phenoxy) is 1. The Kier molecular flexibility index (Phi) is 2.99. The summed E-state index contributed by atoms with van der Waals surface area (Å²) < 4.78 is 5.94. The second-order valence-corrected chi connectivity index (χ2v) is 5.59. The van der Waals surface area contributed by atoms with Crippen LogP contribution in [0.25, 0.3) is 0 Å². The summed E-state index contributed by atoms with van der Waals surface area (Å²) >= 11 is 0. The minimum absolute atomic E-state index is 0.132. The van der Waals surface area contributed by atoms with Crippen LogP contribution < -0.4 is 0 Å². The molecule has 1 rings (SSSR count). The highest BCUT2D eigenvalue weighted by molar-refractivity contribution is 5.05. The summed E-state index contributed by atoms with van der Waals surface area (Å²) in [5.74, 6) is 0. The van der Waals surface area contributed by atoms with E-state index in [-0.39, 0.29) is 23.0 Å². The lowest BCUT2D eigenvalue weighted by molar-refractivity contribution is -0.147. The third-order valence-corrected chi connectivity index (χ3v) is 4.69. The van der Waals surface area contributed by atoms with E-state index in [2.05, 4.69) is 34.6 Å². The zero-order chi connectivity index (χ0) is 11.0. The Morgan fingerprint density at radius 1 is 1.36 bits per heavy atom. The molecule has 2 unspecified atom stereocenters. The Hall–Kier alpha value is -0.0800. The Balaban J connectivity index is 3.04. The molecule has 84 valence electrons. The maximum absolute atomic E-state index is 9.56. The lowest BCUT2D eigenvalue weighted by Crippen LogP contribution is -2.53. The van der Waals surface area contributed by atoms with Crippen molar-refractivity contribution in [2.24, 2.45) is 10.8 Å². The molecule has 0 amide bonds. The summed E-state index contributed by atoms with van der Waals surface area (Å²) in [4.78, 5) is 0. The molecule has 0 aromatic heterocycles. The van der Waals surface area contributed by atoms with Gasteiger partial charge in [0.2, 0.25) is 0 Å². The SMILES string of the molecule is CCC(C)(CO)C1(C)OCCC1(C)C. The molecule has 1 aliphatic rings. The number of rotatable bonds is 3. The van der Waals surface area contributed by atoms with Gasteiger partial charge in [-0.1, -0.05) is 27.7 Å². The lowest BCUT2D eigenvalue weighted by atomic mass is 9.60. The predicted molar refractivity (Wildman–Crippen MR) is 58.2 cm³/mol. The Morgan fingerprint density at radius 2 is 1.93 bits per heavy atom. The van der Waals surface area contributed by atoms with Crippen molar-refractivity contribution < 1.29 is 9.84 Å². The number of hydrogen-bond donors (Lipinski definition) is 1. The largest absolute Gasteiger partial charge is 0.396 e. The molecule has 1 N–H and O–H groups in total. The Bertz CT molecular complexity index is 206. The van der Waals surface area contributed by atoms with E-state index in [1.54, 1.807) is 0 Å². The summed E-state index contributed by atoms with van der Waals surface area (Å²) in [7, 11) is 0.